The van der Waals surface area contributed by atoms with Crippen molar-refractivity contribution in [3.05, 3.63) is 58.7 Å². The van der Waals surface area contributed by atoms with Crippen molar-refractivity contribution in [2.45, 2.75) is 13.8 Å². The third-order valence-corrected chi connectivity index (χ3v) is 2.96. The Balaban J connectivity index is 2.46. The van der Waals surface area contributed by atoms with Crippen molar-refractivity contribution in [1.29, 1.82) is 0 Å². The monoisotopic (exact) mass is 242 g/mol. The second-order valence-electron chi connectivity index (χ2n) is 4.30. The SMILES string of the molecule is Cc1ccc(C(=O)c2ccc(O)c(C)c2O)cc1. The minimum Gasteiger partial charge on any atom is -0.508 e. The minimum atomic E-state index is -0.254. The van der Waals surface area contributed by atoms with Crippen molar-refractivity contribution in [2.75, 3.05) is 0 Å². The molecule has 0 saturated carbocycles. The van der Waals surface area contributed by atoms with E-state index in [9.17, 15) is 15.0 Å². The number of aryl methyl sites for hydroxylation is 1. The predicted molar refractivity (Wildman–Crippen MR) is 69.1 cm³/mol. The molecule has 92 valence electrons. The van der Waals surface area contributed by atoms with Crippen molar-refractivity contribution in [3.63, 3.8) is 0 Å². The first-order valence-corrected chi connectivity index (χ1v) is 5.63. The summed E-state index contributed by atoms with van der Waals surface area (Å²) >= 11 is 0. The van der Waals surface area contributed by atoms with Gasteiger partial charge in [0.2, 0.25) is 0 Å². The van der Waals surface area contributed by atoms with Crippen LogP contribution in [-0.2, 0) is 0 Å². The van der Waals surface area contributed by atoms with Crippen molar-refractivity contribution in [2.24, 2.45) is 0 Å². The van der Waals surface area contributed by atoms with E-state index in [4.69, 9.17) is 0 Å². The maximum Gasteiger partial charge on any atom is 0.196 e. The van der Waals surface area contributed by atoms with E-state index in [2.05, 4.69) is 0 Å². The number of phenols is 2. The van der Waals surface area contributed by atoms with Crippen LogP contribution in [0.2, 0.25) is 0 Å². The second-order valence-corrected chi connectivity index (χ2v) is 4.30. The number of phenolic OH excluding ortho intramolecular Hbond substituents is 2. The van der Waals surface area contributed by atoms with Crippen LogP contribution in [0.25, 0.3) is 0 Å². The van der Waals surface area contributed by atoms with E-state index in [-0.39, 0.29) is 22.8 Å². The smallest absolute Gasteiger partial charge is 0.196 e. The Morgan fingerprint density at radius 3 is 2.17 bits per heavy atom. The summed E-state index contributed by atoms with van der Waals surface area (Å²) in [7, 11) is 0. The van der Waals surface area contributed by atoms with Gasteiger partial charge in [-0.2, -0.15) is 0 Å². The fraction of sp³-hybridized carbons (Fsp3) is 0.133. The molecule has 2 N–H and O–H groups in total. The van der Waals surface area contributed by atoms with Crippen molar-refractivity contribution in [3.8, 4) is 11.5 Å². The lowest BCUT2D eigenvalue weighted by Gasteiger charge is -2.08. The molecule has 0 heterocycles. The van der Waals surface area contributed by atoms with Gasteiger partial charge in [0.25, 0.3) is 0 Å². The molecule has 0 atom stereocenters. The highest BCUT2D eigenvalue weighted by Crippen LogP contribution is 2.30. The number of rotatable bonds is 2. The molecule has 0 bridgehead atoms. The zero-order valence-electron chi connectivity index (χ0n) is 10.3. The Morgan fingerprint density at radius 1 is 0.944 bits per heavy atom. The van der Waals surface area contributed by atoms with Crippen LogP contribution >= 0.6 is 0 Å². The molecule has 0 amide bonds. The van der Waals surface area contributed by atoms with Gasteiger partial charge in [0.15, 0.2) is 5.78 Å². The lowest BCUT2D eigenvalue weighted by atomic mass is 9.99. The van der Waals surface area contributed by atoms with Gasteiger partial charge in [-0.05, 0) is 26.0 Å². The van der Waals surface area contributed by atoms with Gasteiger partial charge in [-0.25, -0.2) is 0 Å². The van der Waals surface area contributed by atoms with Crippen LogP contribution in [0, 0.1) is 13.8 Å². The fourth-order valence-electron chi connectivity index (χ4n) is 1.73. The Hall–Kier alpha value is -2.29. The van der Waals surface area contributed by atoms with E-state index in [1.807, 2.05) is 19.1 Å². The van der Waals surface area contributed by atoms with Crippen LogP contribution in [-0.4, -0.2) is 16.0 Å². The van der Waals surface area contributed by atoms with E-state index in [0.717, 1.165) is 5.56 Å². The van der Waals surface area contributed by atoms with E-state index in [1.165, 1.54) is 12.1 Å². The molecule has 2 aromatic rings. The molecule has 0 aliphatic carbocycles. The molecular weight excluding hydrogens is 228 g/mol. The molecule has 0 aliphatic rings. The topological polar surface area (TPSA) is 57.5 Å². The van der Waals surface area contributed by atoms with Crippen LogP contribution in [0.3, 0.4) is 0 Å². The number of carbonyl (C=O) groups is 1. The molecule has 0 fully saturated rings. The van der Waals surface area contributed by atoms with Gasteiger partial charge in [0.05, 0.1) is 5.56 Å². The van der Waals surface area contributed by atoms with E-state index in [1.54, 1.807) is 19.1 Å². The Labute approximate surface area is 105 Å². The lowest BCUT2D eigenvalue weighted by Crippen LogP contribution is -2.02. The second kappa shape index (κ2) is 4.53. The van der Waals surface area contributed by atoms with Gasteiger partial charge in [-0.1, -0.05) is 29.8 Å². The standard InChI is InChI=1S/C15H14O3/c1-9-3-5-11(6-4-9)15(18)12-7-8-13(16)10(2)14(12)17/h3-8,16-17H,1-2H3. The first-order valence-electron chi connectivity index (χ1n) is 5.63. The Kier molecular flexibility index (Phi) is 3.06. The maximum absolute atomic E-state index is 12.2. The maximum atomic E-state index is 12.2. The molecule has 0 aromatic heterocycles. The quantitative estimate of drug-likeness (QED) is 0.796. The lowest BCUT2D eigenvalue weighted by molar-refractivity contribution is 0.103. The van der Waals surface area contributed by atoms with Gasteiger partial charge >= 0.3 is 0 Å². The largest absolute Gasteiger partial charge is 0.508 e. The molecule has 0 radical (unpaired) electrons. The molecule has 18 heavy (non-hydrogen) atoms. The van der Waals surface area contributed by atoms with E-state index in [0.29, 0.717) is 11.1 Å². The third-order valence-electron chi connectivity index (χ3n) is 2.96. The Bertz CT molecular complexity index is 598. The highest BCUT2D eigenvalue weighted by Gasteiger charge is 2.16. The number of benzene rings is 2. The molecule has 0 unspecified atom stereocenters. The van der Waals surface area contributed by atoms with Crippen LogP contribution in [0.1, 0.15) is 27.0 Å². The van der Waals surface area contributed by atoms with Gasteiger partial charge < -0.3 is 10.2 Å². The van der Waals surface area contributed by atoms with Crippen LogP contribution < -0.4 is 0 Å². The number of hydrogen-bond acceptors (Lipinski definition) is 3. The summed E-state index contributed by atoms with van der Waals surface area (Å²) in [5.74, 6) is -0.441. The number of carbonyl (C=O) groups excluding carboxylic acids is 1. The summed E-state index contributed by atoms with van der Waals surface area (Å²) in [5.41, 5.74) is 2.10. The summed E-state index contributed by atoms with van der Waals surface area (Å²) in [6.45, 7) is 3.51. The summed E-state index contributed by atoms with van der Waals surface area (Å²) in [6, 6.07) is 9.98. The van der Waals surface area contributed by atoms with Crippen LogP contribution in [0.5, 0.6) is 11.5 Å². The molecule has 0 spiro atoms. The Morgan fingerprint density at radius 2 is 1.56 bits per heavy atom. The molecule has 2 aromatic carbocycles. The van der Waals surface area contributed by atoms with E-state index < -0.39 is 0 Å². The van der Waals surface area contributed by atoms with Crippen molar-refractivity contribution in [1.82, 2.24) is 0 Å². The highest BCUT2D eigenvalue weighted by atomic mass is 16.3. The zero-order valence-corrected chi connectivity index (χ0v) is 10.3. The van der Waals surface area contributed by atoms with Gasteiger partial charge in [-0.15, -0.1) is 0 Å². The molecule has 2 rings (SSSR count). The van der Waals surface area contributed by atoms with Crippen molar-refractivity contribution >= 4 is 5.78 Å². The molecule has 3 nitrogen and oxygen atoms in total. The first kappa shape index (κ1) is 12.2. The molecule has 0 saturated heterocycles. The number of hydrogen-bond donors (Lipinski definition) is 2. The number of aromatic hydroxyl groups is 2. The van der Waals surface area contributed by atoms with E-state index >= 15 is 0 Å². The highest BCUT2D eigenvalue weighted by molar-refractivity contribution is 6.11. The average molecular weight is 242 g/mol. The molecular formula is C15H14O3. The average Bonchev–Trinajstić information content (AvgIpc) is 2.36. The van der Waals surface area contributed by atoms with Gasteiger partial charge in [-0.3, -0.25) is 4.79 Å². The zero-order chi connectivity index (χ0) is 13.3. The normalized spacial score (nSPS) is 10.3. The molecule has 3 heteroatoms. The third kappa shape index (κ3) is 2.07. The first-order chi connectivity index (χ1) is 8.50. The number of ketones is 1. The van der Waals surface area contributed by atoms with Crippen molar-refractivity contribution < 1.29 is 15.0 Å². The van der Waals surface area contributed by atoms with Crippen LogP contribution in [0.15, 0.2) is 36.4 Å². The summed E-state index contributed by atoms with van der Waals surface area (Å²) in [5, 5.41) is 19.3. The van der Waals surface area contributed by atoms with Gasteiger partial charge in [0, 0.05) is 11.1 Å². The summed E-state index contributed by atoms with van der Waals surface area (Å²) < 4.78 is 0. The predicted octanol–water partition coefficient (Wildman–Crippen LogP) is 2.95. The minimum absolute atomic E-state index is 0.0204. The summed E-state index contributed by atoms with van der Waals surface area (Å²) in [4.78, 5) is 12.2. The molecule has 0 aliphatic heterocycles. The fourth-order valence-corrected chi connectivity index (χ4v) is 1.73. The van der Waals surface area contributed by atoms with Gasteiger partial charge in [0.1, 0.15) is 11.5 Å². The summed E-state index contributed by atoms with van der Waals surface area (Å²) in [6.07, 6.45) is 0. The van der Waals surface area contributed by atoms with Crippen LogP contribution in [0.4, 0.5) is 0 Å².